The van der Waals surface area contributed by atoms with Gasteiger partial charge in [-0.3, -0.25) is 4.79 Å². The fourth-order valence-electron chi connectivity index (χ4n) is 2.95. The van der Waals surface area contributed by atoms with Crippen molar-refractivity contribution >= 4 is 50.8 Å². The maximum Gasteiger partial charge on any atom is 0.340 e. The van der Waals surface area contributed by atoms with E-state index < -0.39 is 18.1 Å². The molecule has 0 radical (unpaired) electrons. The normalized spacial score (nSPS) is 15.6. The van der Waals surface area contributed by atoms with Gasteiger partial charge in [0.2, 0.25) is 0 Å². The lowest BCUT2D eigenvalue weighted by molar-refractivity contribution is -0.124. The van der Waals surface area contributed by atoms with Crippen molar-refractivity contribution in [2.75, 3.05) is 5.32 Å². The number of rotatable bonds is 3. The highest BCUT2D eigenvalue weighted by atomic mass is 79.9. The first-order valence-electron chi connectivity index (χ1n) is 8.72. The van der Waals surface area contributed by atoms with Gasteiger partial charge in [-0.15, -0.1) is 0 Å². The van der Waals surface area contributed by atoms with Crippen molar-refractivity contribution in [3.8, 4) is 0 Å². The maximum absolute atomic E-state index is 12.8. The van der Waals surface area contributed by atoms with Crippen LogP contribution >= 0.6 is 27.5 Å². The van der Waals surface area contributed by atoms with Crippen LogP contribution in [0.25, 0.3) is 0 Å². The van der Waals surface area contributed by atoms with E-state index in [-0.39, 0.29) is 0 Å². The Morgan fingerprint density at radius 1 is 1.00 bits per heavy atom. The average molecular weight is 470 g/mol. The number of esters is 1. The number of hydrogen-bond acceptors (Lipinski definition) is 4. The van der Waals surface area contributed by atoms with Gasteiger partial charge in [0, 0.05) is 20.6 Å². The molecule has 1 amide bonds. The van der Waals surface area contributed by atoms with Crippen LogP contribution in [0.3, 0.4) is 0 Å². The molecule has 0 unspecified atom stereocenters. The van der Waals surface area contributed by atoms with Gasteiger partial charge in [0.1, 0.15) is 0 Å². The van der Waals surface area contributed by atoms with Gasteiger partial charge in [0.25, 0.3) is 12.1 Å². The van der Waals surface area contributed by atoms with Gasteiger partial charge in [0.15, 0.2) is 0 Å². The number of amides is 1. The summed E-state index contributed by atoms with van der Waals surface area (Å²) < 4.78 is 6.24. The highest BCUT2D eigenvalue weighted by Gasteiger charge is 2.29. The lowest BCUT2D eigenvalue weighted by atomic mass is 10.0. The van der Waals surface area contributed by atoms with Crippen molar-refractivity contribution in [3.63, 3.8) is 0 Å². The molecule has 7 heteroatoms. The van der Waals surface area contributed by atoms with E-state index in [0.29, 0.717) is 33.1 Å². The molecule has 0 saturated carbocycles. The molecular weight excluding hydrogens is 456 g/mol. The molecule has 0 saturated heterocycles. The molecular formula is C22H14BrClN2O3. The number of nitrogens with one attached hydrogen (secondary N) is 1. The number of halogens is 2. The summed E-state index contributed by atoms with van der Waals surface area (Å²) in [5.41, 5.74) is 2.63. The van der Waals surface area contributed by atoms with Crippen molar-refractivity contribution < 1.29 is 14.3 Å². The number of fused-ring (bicyclic) bond motifs is 1. The molecule has 1 aliphatic rings. The van der Waals surface area contributed by atoms with Gasteiger partial charge < -0.3 is 10.1 Å². The third kappa shape index (κ3) is 4.09. The first-order valence-corrected chi connectivity index (χ1v) is 9.89. The molecule has 0 fully saturated rings. The SMILES string of the molecule is O=C(O[C@H]1N=C(c2ccccc2Cl)c2cc(Br)ccc2NC1=O)c1ccccc1. The van der Waals surface area contributed by atoms with Crippen LogP contribution in [0.2, 0.25) is 5.02 Å². The number of aliphatic imine (C=N–C) groups is 1. The number of ether oxygens (including phenoxy) is 1. The molecule has 3 aromatic rings. The average Bonchev–Trinajstić information content (AvgIpc) is 2.86. The monoisotopic (exact) mass is 468 g/mol. The number of benzene rings is 3. The Kier molecular flexibility index (Phi) is 5.47. The first kappa shape index (κ1) is 19.4. The van der Waals surface area contributed by atoms with Gasteiger partial charge in [0.05, 0.1) is 17.0 Å². The van der Waals surface area contributed by atoms with Crippen LogP contribution in [0.15, 0.2) is 82.3 Å². The summed E-state index contributed by atoms with van der Waals surface area (Å²) in [5, 5.41) is 3.25. The van der Waals surface area contributed by atoms with Crippen LogP contribution in [0.1, 0.15) is 21.5 Å². The molecule has 0 aliphatic carbocycles. The molecule has 4 rings (SSSR count). The van der Waals surface area contributed by atoms with E-state index in [0.717, 1.165) is 4.47 Å². The zero-order valence-electron chi connectivity index (χ0n) is 14.9. The van der Waals surface area contributed by atoms with E-state index in [2.05, 4.69) is 26.2 Å². The fraction of sp³-hybridized carbons (Fsp3) is 0.0455. The molecule has 0 spiro atoms. The summed E-state index contributed by atoms with van der Waals surface area (Å²) in [7, 11) is 0. The van der Waals surface area contributed by atoms with Crippen molar-refractivity contribution in [1.29, 1.82) is 0 Å². The largest absolute Gasteiger partial charge is 0.426 e. The van der Waals surface area contributed by atoms with Gasteiger partial charge in [-0.05, 0) is 36.4 Å². The van der Waals surface area contributed by atoms with Gasteiger partial charge in [-0.1, -0.05) is 63.9 Å². The number of nitrogens with zero attached hydrogens (tertiary/aromatic N) is 1. The minimum absolute atomic E-state index is 0.333. The number of carbonyl (C=O) groups is 2. The van der Waals surface area contributed by atoms with Crippen LogP contribution in [-0.2, 0) is 9.53 Å². The summed E-state index contributed by atoms with van der Waals surface area (Å²) in [4.78, 5) is 29.7. The smallest absolute Gasteiger partial charge is 0.340 e. The lowest BCUT2D eigenvalue weighted by Gasteiger charge is -2.13. The first-order chi connectivity index (χ1) is 14.0. The molecule has 1 heterocycles. The summed E-state index contributed by atoms with van der Waals surface area (Å²) in [6.45, 7) is 0. The maximum atomic E-state index is 12.8. The molecule has 1 atom stereocenters. The molecule has 0 aromatic heterocycles. The summed E-state index contributed by atoms with van der Waals surface area (Å²) in [5.74, 6) is -1.18. The van der Waals surface area contributed by atoms with E-state index in [1.165, 1.54) is 0 Å². The van der Waals surface area contributed by atoms with Crippen LogP contribution in [-0.4, -0.2) is 23.8 Å². The van der Waals surface area contributed by atoms with E-state index >= 15 is 0 Å². The lowest BCUT2D eigenvalue weighted by Crippen LogP contribution is -2.30. The summed E-state index contributed by atoms with van der Waals surface area (Å²) in [6.07, 6.45) is -1.36. The molecule has 1 N–H and O–H groups in total. The standard InChI is InChI=1S/C22H14BrClN2O3/c23-14-10-11-18-16(12-14)19(15-8-4-5-9-17(15)24)26-21(20(27)25-18)29-22(28)13-6-2-1-3-7-13/h1-12,21H,(H,25,27)/t21-/m1/s1. The number of carbonyl (C=O) groups excluding carboxylic acids is 2. The van der Waals surface area contributed by atoms with Crippen molar-refractivity contribution in [1.82, 2.24) is 0 Å². The van der Waals surface area contributed by atoms with Crippen molar-refractivity contribution in [2.45, 2.75) is 6.23 Å². The number of anilines is 1. The fourth-order valence-corrected chi connectivity index (χ4v) is 3.54. The second-order valence-corrected chi connectivity index (χ2v) is 7.58. The van der Waals surface area contributed by atoms with E-state index in [1.807, 2.05) is 12.1 Å². The second-order valence-electron chi connectivity index (χ2n) is 6.26. The summed E-state index contributed by atoms with van der Waals surface area (Å²) >= 11 is 9.85. The van der Waals surface area contributed by atoms with Crippen LogP contribution in [0.4, 0.5) is 5.69 Å². The minimum atomic E-state index is -1.36. The minimum Gasteiger partial charge on any atom is -0.426 e. The zero-order chi connectivity index (χ0) is 20.4. The topological polar surface area (TPSA) is 67.8 Å². The Labute approximate surface area is 180 Å². The van der Waals surface area contributed by atoms with Gasteiger partial charge in [-0.25, -0.2) is 9.79 Å². The van der Waals surface area contributed by atoms with Crippen molar-refractivity contribution in [2.24, 2.45) is 4.99 Å². The third-order valence-electron chi connectivity index (χ3n) is 4.32. The molecule has 1 aliphatic heterocycles. The van der Waals surface area contributed by atoms with Crippen LogP contribution < -0.4 is 5.32 Å². The summed E-state index contributed by atoms with van der Waals surface area (Å²) in [6, 6.07) is 21.0. The van der Waals surface area contributed by atoms with E-state index in [4.69, 9.17) is 16.3 Å². The molecule has 0 bridgehead atoms. The zero-order valence-corrected chi connectivity index (χ0v) is 17.3. The highest BCUT2D eigenvalue weighted by molar-refractivity contribution is 9.10. The van der Waals surface area contributed by atoms with Crippen LogP contribution in [0.5, 0.6) is 0 Å². The van der Waals surface area contributed by atoms with Gasteiger partial charge in [-0.2, -0.15) is 0 Å². The molecule has 3 aromatic carbocycles. The van der Waals surface area contributed by atoms with Gasteiger partial charge >= 0.3 is 5.97 Å². The predicted octanol–water partition coefficient (Wildman–Crippen LogP) is 5.08. The number of hydrogen-bond donors (Lipinski definition) is 1. The predicted molar refractivity (Wildman–Crippen MR) is 116 cm³/mol. The Hall–Kier alpha value is -2.96. The molecule has 5 nitrogen and oxygen atoms in total. The van der Waals surface area contributed by atoms with E-state index in [9.17, 15) is 9.59 Å². The third-order valence-corrected chi connectivity index (χ3v) is 5.15. The van der Waals surface area contributed by atoms with Crippen LogP contribution in [0, 0.1) is 0 Å². The Morgan fingerprint density at radius 2 is 1.72 bits per heavy atom. The molecule has 144 valence electrons. The quantitative estimate of drug-likeness (QED) is 0.544. The number of benzodiazepines with no additional fused rings is 1. The Morgan fingerprint density at radius 3 is 2.48 bits per heavy atom. The Balaban J connectivity index is 1.80. The molecule has 29 heavy (non-hydrogen) atoms. The van der Waals surface area contributed by atoms with E-state index in [1.54, 1.807) is 60.7 Å². The second kappa shape index (κ2) is 8.19. The highest BCUT2D eigenvalue weighted by Crippen LogP contribution is 2.30. The Bertz CT molecular complexity index is 1130. The van der Waals surface area contributed by atoms with Crippen molar-refractivity contribution in [3.05, 3.63) is 99.0 Å².